The molecule has 0 amide bonds. The summed E-state index contributed by atoms with van der Waals surface area (Å²) in [4.78, 5) is 11.4. The van der Waals surface area contributed by atoms with Crippen LogP contribution in [0.3, 0.4) is 0 Å². The molecular formula is C13H17BrFNO2. The molecule has 0 spiro atoms. The summed E-state index contributed by atoms with van der Waals surface area (Å²) >= 11 is 3.15. The van der Waals surface area contributed by atoms with Crippen LogP contribution in [-0.2, 0) is 10.3 Å². The Morgan fingerprint density at radius 2 is 2.17 bits per heavy atom. The molecule has 3 nitrogen and oxygen atoms in total. The van der Waals surface area contributed by atoms with Crippen molar-refractivity contribution in [1.29, 1.82) is 0 Å². The Kier molecular flexibility index (Phi) is 4.87. The Balaban J connectivity index is 3.14. The second-order valence-electron chi connectivity index (χ2n) is 4.83. The molecule has 0 aliphatic carbocycles. The van der Waals surface area contributed by atoms with Crippen LogP contribution in [0.15, 0.2) is 22.7 Å². The number of carboxylic acid groups (broad SMARTS) is 1. The first-order valence-corrected chi connectivity index (χ1v) is 6.50. The second-order valence-corrected chi connectivity index (χ2v) is 5.74. The van der Waals surface area contributed by atoms with E-state index >= 15 is 0 Å². The highest BCUT2D eigenvalue weighted by molar-refractivity contribution is 9.10. The molecule has 2 N–H and O–H groups in total. The zero-order valence-corrected chi connectivity index (χ0v) is 12.2. The Hall–Kier alpha value is -0.940. The fourth-order valence-corrected chi connectivity index (χ4v) is 1.92. The molecule has 0 radical (unpaired) electrons. The summed E-state index contributed by atoms with van der Waals surface area (Å²) in [6.07, 6.45) is 0. The van der Waals surface area contributed by atoms with Crippen LogP contribution in [-0.4, -0.2) is 17.6 Å². The average Bonchev–Trinajstić information content (AvgIpc) is 2.25. The van der Waals surface area contributed by atoms with Gasteiger partial charge in [0.15, 0.2) is 0 Å². The van der Waals surface area contributed by atoms with Crippen molar-refractivity contribution in [1.82, 2.24) is 5.32 Å². The molecule has 1 atom stereocenters. The number of carboxylic acids is 1. The lowest BCUT2D eigenvalue weighted by atomic mass is 9.91. The summed E-state index contributed by atoms with van der Waals surface area (Å²) in [6, 6.07) is 4.39. The van der Waals surface area contributed by atoms with Crippen molar-refractivity contribution < 1.29 is 14.3 Å². The molecule has 1 unspecified atom stereocenters. The van der Waals surface area contributed by atoms with E-state index in [9.17, 15) is 14.3 Å². The van der Waals surface area contributed by atoms with Crippen molar-refractivity contribution in [2.45, 2.75) is 26.3 Å². The molecule has 0 heterocycles. The summed E-state index contributed by atoms with van der Waals surface area (Å²) in [5, 5.41) is 12.3. The van der Waals surface area contributed by atoms with Gasteiger partial charge in [0.25, 0.3) is 0 Å². The topological polar surface area (TPSA) is 49.3 Å². The summed E-state index contributed by atoms with van der Waals surface area (Å²) in [5.41, 5.74) is -1.28. The fourth-order valence-electron chi connectivity index (χ4n) is 1.59. The van der Waals surface area contributed by atoms with Gasteiger partial charge in [0.2, 0.25) is 0 Å². The van der Waals surface area contributed by atoms with Gasteiger partial charge in [-0.05, 0) is 31.5 Å². The van der Waals surface area contributed by atoms with Crippen LogP contribution < -0.4 is 5.32 Å². The van der Waals surface area contributed by atoms with Gasteiger partial charge in [-0.25, -0.2) is 9.18 Å². The number of aliphatic carboxylic acids is 1. The minimum absolute atomic E-state index is 0.138. The van der Waals surface area contributed by atoms with E-state index in [4.69, 9.17) is 0 Å². The molecule has 0 bridgehead atoms. The summed E-state index contributed by atoms with van der Waals surface area (Å²) in [5.74, 6) is -1.35. The molecule has 5 heteroatoms. The first kappa shape index (κ1) is 15.1. The lowest BCUT2D eigenvalue weighted by Gasteiger charge is -2.28. The largest absolute Gasteiger partial charge is 0.480 e. The minimum Gasteiger partial charge on any atom is -0.480 e. The van der Waals surface area contributed by atoms with E-state index < -0.39 is 17.3 Å². The predicted molar refractivity (Wildman–Crippen MR) is 71.9 cm³/mol. The van der Waals surface area contributed by atoms with Gasteiger partial charge in [-0.3, -0.25) is 5.32 Å². The molecule has 0 saturated carbocycles. The standard InChI is InChI=1S/C13H17BrFNO2/c1-8(2)7-16-13(3,12(17)18)10-5-4-9(14)6-11(10)15/h4-6,8,16H,7H2,1-3H3,(H,17,18). The van der Waals surface area contributed by atoms with E-state index in [1.54, 1.807) is 6.07 Å². The summed E-state index contributed by atoms with van der Waals surface area (Å²) < 4.78 is 14.5. The minimum atomic E-state index is -1.42. The van der Waals surface area contributed by atoms with Crippen LogP contribution in [0.1, 0.15) is 26.3 Å². The third-order valence-corrected chi connectivity index (χ3v) is 3.25. The molecule has 18 heavy (non-hydrogen) atoms. The van der Waals surface area contributed by atoms with Gasteiger partial charge in [0.05, 0.1) is 0 Å². The molecule has 1 rings (SSSR count). The van der Waals surface area contributed by atoms with Gasteiger partial charge in [-0.15, -0.1) is 0 Å². The van der Waals surface area contributed by atoms with Crippen LogP contribution in [0, 0.1) is 11.7 Å². The van der Waals surface area contributed by atoms with Crippen molar-refractivity contribution in [3.63, 3.8) is 0 Å². The molecule has 1 aromatic carbocycles. The van der Waals surface area contributed by atoms with E-state index in [0.717, 1.165) is 0 Å². The van der Waals surface area contributed by atoms with Gasteiger partial charge in [0.1, 0.15) is 11.4 Å². The molecule has 0 aliphatic heterocycles. The molecule has 0 saturated heterocycles. The van der Waals surface area contributed by atoms with E-state index in [0.29, 0.717) is 11.0 Å². The van der Waals surface area contributed by atoms with Crippen molar-refractivity contribution >= 4 is 21.9 Å². The zero-order chi connectivity index (χ0) is 13.9. The van der Waals surface area contributed by atoms with Gasteiger partial charge in [0, 0.05) is 10.0 Å². The van der Waals surface area contributed by atoms with Crippen molar-refractivity contribution in [3.8, 4) is 0 Å². The van der Waals surface area contributed by atoms with Crippen molar-refractivity contribution in [2.75, 3.05) is 6.54 Å². The van der Waals surface area contributed by atoms with E-state index in [1.807, 2.05) is 13.8 Å². The monoisotopic (exact) mass is 317 g/mol. The first-order valence-electron chi connectivity index (χ1n) is 5.71. The Morgan fingerprint density at radius 3 is 2.61 bits per heavy atom. The number of rotatable bonds is 5. The predicted octanol–water partition coefficient (Wildman–Crippen LogP) is 3.13. The van der Waals surface area contributed by atoms with Gasteiger partial charge in [-0.2, -0.15) is 0 Å². The van der Waals surface area contributed by atoms with Crippen molar-refractivity contribution in [3.05, 3.63) is 34.1 Å². The molecule has 1 aromatic rings. The number of halogens is 2. The highest BCUT2D eigenvalue weighted by Crippen LogP contribution is 2.26. The molecule has 0 aromatic heterocycles. The van der Waals surface area contributed by atoms with Crippen LogP contribution >= 0.6 is 15.9 Å². The normalized spacial score (nSPS) is 14.6. The third-order valence-electron chi connectivity index (χ3n) is 2.76. The maximum atomic E-state index is 13.9. The smallest absolute Gasteiger partial charge is 0.328 e. The number of hydrogen-bond donors (Lipinski definition) is 2. The molecule has 0 fully saturated rings. The van der Waals surface area contributed by atoms with E-state index in [-0.39, 0.29) is 11.5 Å². The average molecular weight is 318 g/mol. The maximum absolute atomic E-state index is 13.9. The van der Waals surface area contributed by atoms with Gasteiger partial charge < -0.3 is 5.11 Å². The van der Waals surface area contributed by atoms with Crippen LogP contribution in [0.2, 0.25) is 0 Å². The van der Waals surface area contributed by atoms with Gasteiger partial charge >= 0.3 is 5.97 Å². The maximum Gasteiger partial charge on any atom is 0.328 e. The summed E-state index contributed by atoms with van der Waals surface area (Å²) in [6.45, 7) is 5.91. The quantitative estimate of drug-likeness (QED) is 0.877. The second kappa shape index (κ2) is 5.80. The first-order chi connectivity index (χ1) is 8.27. The zero-order valence-electron chi connectivity index (χ0n) is 10.6. The molecule has 0 aliphatic rings. The molecule has 100 valence electrons. The highest BCUT2D eigenvalue weighted by Gasteiger charge is 2.37. The van der Waals surface area contributed by atoms with Crippen LogP contribution in [0.4, 0.5) is 4.39 Å². The Bertz CT molecular complexity index is 451. The number of benzene rings is 1. The molecular weight excluding hydrogens is 301 g/mol. The highest BCUT2D eigenvalue weighted by atomic mass is 79.9. The Labute approximate surface area is 115 Å². The van der Waals surface area contributed by atoms with Gasteiger partial charge in [-0.1, -0.05) is 35.8 Å². The van der Waals surface area contributed by atoms with E-state index in [2.05, 4.69) is 21.2 Å². The third kappa shape index (κ3) is 3.29. The number of carbonyl (C=O) groups is 1. The number of hydrogen-bond acceptors (Lipinski definition) is 2. The fraction of sp³-hybridized carbons (Fsp3) is 0.462. The van der Waals surface area contributed by atoms with Crippen molar-refractivity contribution in [2.24, 2.45) is 5.92 Å². The lowest BCUT2D eigenvalue weighted by molar-refractivity contribution is -0.144. The SMILES string of the molecule is CC(C)CNC(C)(C(=O)O)c1ccc(Br)cc1F. The van der Waals surface area contributed by atoms with E-state index in [1.165, 1.54) is 19.1 Å². The summed E-state index contributed by atoms with van der Waals surface area (Å²) in [7, 11) is 0. The van der Waals surface area contributed by atoms with Crippen LogP contribution in [0.5, 0.6) is 0 Å². The number of nitrogens with one attached hydrogen (secondary N) is 1. The Morgan fingerprint density at radius 1 is 1.56 bits per heavy atom. The lowest BCUT2D eigenvalue weighted by Crippen LogP contribution is -2.48. The van der Waals surface area contributed by atoms with Crippen LogP contribution in [0.25, 0.3) is 0 Å².